The lowest BCUT2D eigenvalue weighted by atomic mass is 10.1. The first kappa shape index (κ1) is 11.5. The second-order valence-electron chi connectivity index (χ2n) is 3.96. The Labute approximate surface area is 88.3 Å². The number of primary amides is 1. The topological polar surface area (TPSA) is 88.2 Å². The fourth-order valence-electron chi connectivity index (χ4n) is 1.07. The molecule has 82 valence electrons. The van der Waals surface area contributed by atoms with E-state index in [0.29, 0.717) is 5.69 Å². The number of carbonyl (C=O) groups excluding carboxylic acids is 1. The maximum absolute atomic E-state index is 10.9. The normalized spacial score (nSPS) is 11.1. The molecule has 5 nitrogen and oxygen atoms in total. The van der Waals surface area contributed by atoms with Crippen LogP contribution >= 0.6 is 0 Å². The standard InChI is InChI=1S/C10H15N3O2/c1-10(2,6-14)13-7-3-4-12-8(5-7)9(11)15/h3-5,14H,6H2,1-2H3,(H2,11,15)(H,12,13). The van der Waals surface area contributed by atoms with Crippen LogP contribution in [0, 0.1) is 0 Å². The molecule has 0 aliphatic heterocycles. The fraction of sp³-hybridized carbons (Fsp3) is 0.400. The zero-order valence-electron chi connectivity index (χ0n) is 8.82. The Morgan fingerprint density at radius 3 is 2.87 bits per heavy atom. The summed E-state index contributed by atoms with van der Waals surface area (Å²) in [6, 6.07) is 3.27. The Kier molecular flexibility index (Phi) is 3.26. The third-order valence-electron chi connectivity index (χ3n) is 1.89. The number of amides is 1. The maximum Gasteiger partial charge on any atom is 0.267 e. The van der Waals surface area contributed by atoms with Crippen LogP contribution in [0.4, 0.5) is 5.69 Å². The van der Waals surface area contributed by atoms with Crippen molar-refractivity contribution in [3.8, 4) is 0 Å². The first-order chi connectivity index (χ1) is 6.94. The van der Waals surface area contributed by atoms with Gasteiger partial charge in [-0.3, -0.25) is 9.78 Å². The van der Waals surface area contributed by atoms with Gasteiger partial charge in [-0.2, -0.15) is 0 Å². The van der Waals surface area contributed by atoms with Gasteiger partial charge in [-0.25, -0.2) is 0 Å². The molecule has 0 spiro atoms. The summed E-state index contributed by atoms with van der Waals surface area (Å²) in [6.07, 6.45) is 1.50. The fourth-order valence-corrected chi connectivity index (χ4v) is 1.07. The summed E-state index contributed by atoms with van der Waals surface area (Å²) in [5.74, 6) is -0.569. The molecule has 15 heavy (non-hydrogen) atoms. The lowest BCUT2D eigenvalue weighted by Crippen LogP contribution is -2.35. The molecule has 0 aliphatic carbocycles. The number of nitrogens with two attached hydrogens (primary N) is 1. The van der Waals surface area contributed by atoms with Crippen LogP contribution in [-0.2, 0) is 0 Å². The van der Waals surface area contributed by atoms with Gasteiger partial charge in [0.25, 0.3) is 5.91 Å². The van der Waals surface area contributed by atoms with Crippen LogP contribution in [-0.4, -0.2) is 28.1 Å². The van der Waals surface area contributed by atoms with Crippen molar-refractivity contribution in [3.63, 3.8) is 0 Å². The number of anilines is 1. The Balaban J connectivity index is 2.87. The number of hydrogen-bond acceptors (Lipinski definition) is 4. The van der Waals surface area contributed by atoms with Crippen LogP contribution in [0.5, 0.6) is 0 Å². The Bertz CT molecular complexity index is 363. The minimum absolute atomic E-state index is 0.0127. The number of carbonyl (C=O) groups is 1. The molecule has 0 saturated carbocycles. The van der Waals surface area contributed by atoms with E-state index in [-0.39, 0.29) is 12.3 Å². The van der Waals surface area contributed by atoms with E-state index in [0.717, 1.165) is 0 Å². The van der Waals surface area contributed by atoms with Gasteiger partial charge in [0.15, 0.2) is 0 Å². The lowest BCUT2D eigenvalue weighted by molar-refractivity contribution is 0.0995. The summed E-state index contributed by atoms with van der Waals surface area (Å²) in [7, 11) is 0. The van der Waals surface area contributed by atoms with Gasteiger partial charge in [-0.05, 0) is 26.0 Å². The molecule has 1 aromatic heterocycles. The molecule has 1 heterocycles. The zero-order valence-corrected chi connectivity index (χ0v) is 8.82. The van der Waals surface area contributed by atoms with Crippen molar-refractivity contribution in [1.82, 2.24) is 4.98 Å². The van der Waals surface area contributed by atoms with Gasteiger partial charge in [0.05, 0.1) is 12.1 Å². The molecule has 4 N–H and O–H groups in total. The highest BCUT2D eigenvalue weighted by molar-refractivity contribution is 5.91. The molecule has 0 atom stereocenters. The van der Waals surface area contributed by atoms with Gasteiger partial charge < -0.3 is 16.2 Å². The molecule has 0 radical (unpaired) electrons. The molecule has 1 rings (SSSR count). The first-order valence-corrected chi connectivity index (χ1v) is 4.59. The van der Waals surface area contributed by atoms with Gasteiger partial charge in [0, 0.05) is 11.9 Å². The lowest BCUT2D eigenvalue weighted by Gasteiger charge is -2.24. The van der Waals surface area contributed by atoms with Crippen LogP contribution < -0.4 is 11.1 Å². The zero-order chi connectivity index (χ0) is 11.5. The molecule has 1 amide bonds. The van der Waals surface area contributed by atoms with Gasteiger partial charge in [-0.1, -0.05) is 0 Å². The number of rotatable bonds is 4. The monoisotopic (exact) mass is 209 g/mol. The summed E-state index contributed by atoms with van der Waals surface area (Å²) in [5, 5.41) is 12.1. The van der Waals surface area contributed by atoms with Crippen molar-refractivity contribution in [1.29, 1.82) is 0 Å². The molecule has 0 bridgehead atoms. The molecule has 0 aromatic carbocycles. The van der Waals surface area contributed by atoms with Crippen molar-refractivity contribution in [2.24, 2.45) is 5.73 Å². The van der Waals surface area contributed by atoms with Crippen molar-refractivity contribution in [2.45, 2.75) is 19.4 Å². The van der Waals surface area contributed by atoms with E-state index in [1.165, 1.54) is 6.20 Å². The Hall–Kier alpha value is -1.62. The largest absolute Gasteiger partial charge is 0.394 e. The Morgan fingerprint density at radius 2 is 2.33 bits per heavy atom. The highest BCUT2D eigenvalue weighted by Gasteiger charge is 2.16. The number of nitrogens with zero attached hydrogens (tertiary/aromatic N) is 1. The van der Waals surface area contributed by atoms with Crippen molar-refractivity contribution >= 4 is 11.6 Å². The van der Waals surface area contributed by atoms with Crippen LogP contribution in [0.25, 0.3) is 0 Å². The minimum atomic E-state index is -0.569. The average Bonchev–Trinajstić information content (AvgIpc) is 2.17. The SMILES string of the molecule is CC(C)(CO)Nc1ccnc(C(N)=O)c1. The van der Waals surface area contributed by atoms with Crippen LogP contribution in [0.15, 0.2) is 18.3 Å². The molecular weight excluding hydrogens is 194 g/mol. The van der Waals surface area contributed by atoms with Crippen molar-refractivity contribution in [2.75, 3.05) is 11.9 Å². The Morgan fingerprint density at radius 1 is 1.67 bits per heavy atom. The summed E-state index contributed by atoms with van der Waals surface area (Å²) in [6.45, 7) is 3.68. The second kappa shape index (κ2) is 4.27. The number of pyridine rings is 1. The highest BCUT2D eigenvalue weighted by Crippen LogP contribution is 2.14. The number of aliphatic hydroxyl groups is 1. The van der Waals surface area contributed by atoms with Crippen LogP contribution in [0.3, 0.4) is 0 Å². The second-order valence-corrected chi connectivity index (χ2v) is 3.96. The van der Waals surface area contributed by atoms with Gasteiger partial charge in [0.2, 0.25) is 0 Å². The summed E-state index contributed by atoms with van der Waals surface area (Å²) >= 11 is 0. The third kappa shape index (κ3) is 3.21. The summed E-state index contributed by atoms with van der Waals surface area (Å²) in [5.41, 5.74) is 5.56. The quantitative estimate of drug-likeness (QED) is 0.668. The van der Waals surface area contributed by atoms with Gasteiger partial charge >= 0.3 is 0 Å². The summed E-state index contributed by atoms with van der Waals surface area (Å²) < 4.78 is 0. The molecular formula is C10H15N3O2. The average molecular weight is 209 g/mol. The van der Waals surface area contributed by atoms with Crippen LogP contribution in [0.1, 0.15) is 24.3 Å². The maximum atomic E-state index is 10.9. The molecule has 0 saturated heterocycles. The molecule has 0 aliphatic rings. The van der Waals surface area contributed by atoms with E-state index in [4.69, 9.17) is 10.8 Å². The van der Waals surface area contributed by atoms with Crippen LogP contribution in [0.2, 0.25) is 0 Å². The van der Waals surface area contributed by atoms with E-state index in [2.05, 4.69) is 10.3 Å². The van der Waals surface area contributed by atoms with E-state index < -0.39 is 11.4 Å². The number of hydrogen-bond donors (Lipinski definition) is 3. The number of aromatic nitrogens is 1. The minimum Gasteiger partial charge on any atom is -0.394 e. The molecule has 5 heteroatoms. The number of aliphatic hydroxyl groups excluding tert-OH is 1. The van der Waals surface area contributed by atoms with Crippen molar-refractivity contribution in [3.05, 3.63) is 24.0 Å². The summed E-state index contributed by atoms with van der Waals surface area (Å²) in [4.78, 5) is 14.7. The van der Waals surface area contributed by atoms with E-state index in [1.54, 1.807) is 12.1 Å². The molecule has 0 fully saturated rings. The molecule has 0 unspecified atom stereocenters. The van der Waals surface area contributed by atoms with E-state index in [1.807, 2.05) is 13.8 Å². The van der Waals surface area contributed by atoms with E-state index >= 15 is 0 Å². The van der Waals surface area contributed by atoms with E-state index in [9.17, 15) is 4.79 Å². The number of nitrogens with one attached hydrogen (secondary N) is 1. The predicted octanol–water partition coefficient (Wildman–Crippen LogP) is 0.363. The first-order valence-electron chi connectivity index (χ1n) is 4.59. The third-order valence-corrected chi connectivity index (χ3v) is 1.89. The van der Waals surface area contributed by atoms with Crippen molar-refractivity contribution < 1.29 is 9.90 Å². The van der Waals surface area contributed by atoms with Gasteiger partial charge in [-0.15, -0.1) is 0 Å². The van der Waals surface area contributed by atoms with Gasteiger partial charge in [0.1, 0.15) is 5.69 Å². The smallest absolute Gasteiger partial charge is 0.267 e. The molecule has 1 aromatic rings. The highest BCUT2D eigenvalue weighted by atomic mass is 16.3. The predicted molar refractivity (Wildman–Crippen MR) is 57.5 cm³/mol.